The van der Waals surface area contributed by atoms with E-state index in [0.717, 1.165) is 5.75 Å². The summed E-state index contributed by atoms with van der Waals surface area (Å²) in [5.74, 6) is 0.932. The molecule has 0 aliphatic rings. The van der Waals surface area contributed by atoms with E-state index >= 15 is 0 Å². The van der Waals surface area contributed by atoms with Crippen molar-refractivity contribution in [2.45, 2.75) is 13.0 Å². The van der Waals surface area contributed by atoms with Crippen LogP contribution >= 0.6 is 33.9 Å². The molecule has 0 aliphatic heterocycles. The molecular weight excluding hydrogens is 357 g/mol. The van der Waals surface area contributed by atoms with Crippen LogP contribution in [0.2, 0.25) is 0 Å². The second-order valence-electron chi connectivity index (χ2n) is 4.15. The van der Waals surface area contributed by atoms with Gasteiger partial charge < -0.3 is 10.1 Å². The molecule has 0 saturated heterocycles. The summed E-state index contributed by atoms with van der Waals surface area (Å²) in [5, 5.41) is 5.57. The third-order valence-corrected chi connectivity index (χ3v) is 4.71. The Balaban J connectivity index is 2.47. The number of halogens is 1. The summed E-state index contributed by atoms with van der Waals surface area (Å²) in [7, 11) is 3.70. The average molecular weight is 373 g/mol. The maximum Gasteiger partial charge on any atom is 0.123 e. The molecule has 18 heavy (non-hydrogen) atoms. The van der Waals surface area contributed by atoms with Gasteiger partial charge >= 0.3 is 0 Å². The Hall–Kier alpha value is -0.590. The van der Waals surface area contributed by atoms with E-state index in [-0.39, 0.29) is 6.04 Å². The molecule has 0 spiro atoms. The number of ether oxygens (including phenoxy) is 1. The molecule has 0 amide bonds. The van der Waals surface area contributed by atoms with Crippen molar-refractivity contribution in [1.82, 2.24) is 5.32 Å². The summed E-state index contributed by atoms with van der Waals surface area (Å²) in [4.78, 5) is 0. The lowest BCUT2D eigenvalue weighted by molar-refractivity contribution is 0.405. The second kappa shape index (κ2) is 6.04. The minimum atomic E-state index is 0.180. The van der Waals surface area contributed by atoms with E-state index in [1.807, 2.05) is 13.1 Å². The van der Waals surface area contributed by atoms with E-state index in [9.17, 15) is 0 Å². The van der Waals surface area contributed by atoms with E-state index in [2.05, 4.69) is 58.4 Å². The number of nitrogens with one attached hydrogen (secondary N) is 1. The number of thiophene rings is 1. The molecule has 1 atom stereocenters. The fraction of sp³-hybridized carbons (Fsp3) is 0.286. The third kappa shape index (κ3) is 2.87. The maximum atomic E-state index is 5.47. The van der Waals surface area contributed by atoms with Gasteiger partial charge in [-0.05, 0) is 59.6 Å². The predicted octanol–water partition coefficient (Wildman–Crippen LogP) is 3.98. The zero-order valence-electron chi connectivity index (χ0n) is 10.7. The van der Waals surface area contributed by atoms with Crippen LogP contribution in [0.15, 0.2) is 29.6 Å². The zero-order valence-corrected chi connectivity index (χ0v) is 13.6. The van der Waals surface area contributed by atoms with Crippen molar-refractivity contribution in [3.63, 3.8) is 0 Å². The highest BCUT2D eigenvalue weighted by molar-refractivity contribution is 14.1. The fourth-order valence-electron chi connectivity index (χ4n) is 2.06. The van der Waals surface area contributed by atoms with Gasteiger partial charge in [-0.3, -0.25) is 0 Å². The lowest BCUT2D eigenvalue weighted by Crippen LogP contribution is -2.18. The van der Waals surface area contributed by atoms with Gasteiger partial charge in [0.25, 0.3) is 0 Å². The highest BCUT2D eigenvalue weighted by Gasteiger charge is 2.17. The van der Waals surface area contributed by atoms with E-state index in [1.165, 1.54) is 19.6 Å². The van der Waals surface area contributed by atoms with Gasteiger partial charge in [0, 0.05) is 5.56 Å². The SMILES string of the molecule is CNC(c1csc(I)c1)c1cc(C)ccc1OC. The Kier molecular flexibility index (Phi) is 4.64. The molecule has 4 heteroatoms. The maximum absolute atomic E-state index is 5.47. The van der Waals surface area contributed by atoms with Crippen LogP contribution in [0.4, 0.5) is 0 Å². The molecule has 2 aromatic rings. The first-order chi connectivity index (χ1) is 8.65. The molecule has 0 bridgehead atoms. The van der Waals surface area contributed by atoms with Gasteiger partial charge in [-0.15, -0.1) is 11.3 Å². The van der Waals surface area contributed by atoms with Crippen molar-refractivity contribution in [1.29, 1.82) is 0 Å². The Morgan fingerprint density at radius 3 is 2.67 bits per heavy atom. The van der Waals surface area contributed by atoms with E-state index in [1.54, 1.807) is 18.4 Å². The fourth-order valence-corrected chi connectivity index (χ4v) is 3.45. The van der Waals surface area contributed by atoms with Gasteiger partial charge in [-0.1, -0.05) is 17.7 Å². The first-order valence-electron chi connectivity index (χ1n) is 5.71. The Morgan fingerprint density at radius 1 is 1.33 bits per heavy atom. The molecule has 96 valence electrons. The number of benzene rings is 1. The molecule has 0 aliphatic carbocycles. The number of hydrogen-bond donors (Lipinski definition) is 1. The summed E-state index contributed by atoms with van der Waals surface area (Å²) in [6.07, 6.45) is 0. The molecule has 0 saturated carbocycles. The van der Waals surface area contributed by atoms with E-state index in [0.29, 0.717) is 0 Å². The van der Waals surface area contributed by atoms with Crippen LogP contribution in [0.5, 0.6) is 5.75 Å². The lowest BCUT2D eigenvalue weighted by Gasteiger charge is -2.19. The second-order valence-corrected chi connectivity index (χ2v) is 6.96. The van der Waals surface area contributed by atoms with Crippen LogP contribution in [-0.4, -0.2) is 14.2 Å². The van der Waals surface area contributed by atoms with Crippen molar-refractivity contribution in [3.8, 4) is 5.75 Å². The number of hydrogen-bond acceptors (Lipinski definition) is 3. The summed E-state index contributed by atoms with van der Waals surface area (Å²) in [6, 6.07) is 8.69. The Morgan fingerprint density at radius 2 is 2.11 bits per heavy atom. The predicted molar refractivity (Wildman–Crippen MR) is 85.7 cm³/mol. The molecule has 1 N–H and O–H groups in total. The Labute approximate surface area is 126 Å². The van der Waals surface area contributed by atoms with Gasteiger partial charge in [0.05, 0.1) is 16.0 Å². The van der Waals surface area contributed by atoms with Crippen molar-refractivity contribution in [3.05, 3.63) is 49.2 Å². The molecule has 1 aromatic carbocycles. The van der Waals surface area contributed by atoms with Crippen molar-refractivity contribution in [2.24, 2.45) is 0 Å². The third-order valence-electron chi connectivity index (χ3n) is 2.91. The van der Waals surface area contributed by atoms with Gasteiger partial charge in [-0.25, -0.2) is 0 Å². The van der Waals surface area contributed by atoms with E-state index in [4.69, 9.17) is 4.74 Å². The summed E-state index contributed by atoms with van der Waals surface area (Å²) in [5.41, 5.74) is 3.72. The summed E-state index contributed by atoms with van der Waals surface area (Å²) < 4.78 is 6.77. The van der Waals surface area contributed by atoms with Gasteiger partial charge in [0.2, 0.25) is 0 Å². The van der Waals surface area contributed by atoms with Gasteiger partial charge in [-0.2, -0.15) is 0 Å². The van der Waals surface area contributed by atoms with Crippen molar-refractivity contribution < 1.29 is 4.74 Å². The number of rotatable bonds is 4. The lowest BCUT2D eigenvalue weighted by atomic mass is 9.98. The number of aryl methyl sites for hydroxylation is 1. The normalized spacial score (nSPS) is 12.4. The highest BCUT2D eigenvalue weighted by Crippen LogP contribution is 2.33. The van der Waals surface area contributed by atoms with Crippen LogP contribution in [0.3, 0.4) is 0 Å². The quantitative estimate of drug-likeness (QED) is 0.819. The largest absolute Gasteiger partial charge is 0.496 e. The van der Waals surface area contributed by atoms with Gasteiger partial charge in [0.1, 0.15) is 5.75 Å². The molecule has 2 nitrogen and oxygen atoms in total. The molecule has 1 heterocycles. The van der Waals surface area contributed by atoms with Crippen LogP contribution in [0.1, 0.15) is 22.7 Å². The van der Waals surface area contributed by atoms with E-state index < -0.39 is 0 Å². The topological polar surface area (TPSA) is 21.3 Å². The first-order valence-corrected chi connectivity index (χ1v) is 7.67. The van der Waals surface area contributed by atoms with Crippen LogP contribution < -0.4 is 10.1 Å². The molecule has 2 rings (SSSR count). The molecule has 0 radical (unpaired) electrons. The standard InChI is InChI=1S/C14H16INOS/c1-9-4-5-12(17-3)11(6-9)14(16-2)10-7-13(15)18-8-10/h4-8,14,16H,1-3H3. The molecular formula is C14H16INOS. The van der Waals surface area contributed by atoms with Crippen LogP contribution in [0.25, 0.3) is 0 Å². The van der Waals surface area contributed by atoms with Crippen LogP contribution in [-0.2, 0) is 0 Å². The van der Waals surface area contributed by atoms with Crippen molar-refractivity contribution >= 4 is 33.9 Å². The summed E-state index contributed by atoms with van der Waals surface area (Å²) in [6.45, 7) is 2.10. The Bertz CT molecular complexity index is 538. The summed E-state index contributed by atoms with van der Waals surface area (Å²) >= 11 is 4.12. The highest BCUT2D eigenvalue weighted by atomic mass is 127. The zero-order chi connectivity index (χ0) is 13.1. The first kappa shape index (κ1) is 13.8. The molecule has 0 fully saturated rings. The monoisotopic (exact) mass is 373 g/mol. The molecule has 1 unspecified atom stereocenters. The number of methoxy groups -OCH3 is 1. The van der Waals surface area contributed by atoms with Crippen LogP contribution in [0, 0.1) is 9.81 Å². The average Bonchev–Trinajstić information content (AvgIpc) is 2.77. The van der Waals surface area contributed by atoms with Crippen molar-refractivity contribution in [2.75, 3.05) is 14.2 Å². The minimum absolute atomic E-state index is 0.180. The smallest absolute Gasteiger partial charge is 0.123 e. The minimum Gasteiger partial charge on any atom is -0.496 e. The molecule has 1 aromatic heterocycles. The van der Waals surface area contributed by atoms with Gasteiger partial charge in [0.15, 0.2) is 0 Å².